The highest BCUT2D eigenvalue weighted by atomic mass is 16.5. The van der Waals surface area contributed by atoms with Crippen LogP contribution in [0.2, 0.25) is 0 Å². The summed E-state index contributed by atoms with van der Waals surface area (Å²) in [6.45, 7) is 2.01. The second-order valence-corrected chi connectivity index (χ2v) is 4.11. The summed E-state index contributed by atoms with van der Waals surface area (Å²) in [5, 5.41) is 3.51. The molecule has 0 aromatic heterocycles. The number of benzene rings is 1. The molecule has 1 fully saturated rings. The molecule has 1 aromatic carbocycles. The van der Waals surface area contributed by atoms with Crippen molar-refractivity contribution >= 4 is 0 Å². The minimum atomic E-state index is 0. The summed E-state index contributed by atoms with van der Waals surface area (Å²) in [7, 11) is 0. The average molecular weight is 191 g/mol. The molecule has 76 valence electrons. The van der Waals surface area contributed by atoms with E-state index in [1.54, 1.807) is 0 Å². The van der Waals surface area contributed by atoms with E-state index in [0.29, 0.717) is 6.04 Å². The molecule has 2 nitrogen and oxygen atoms in total. The third-order valence-electron chi connectivity index (χ3n) is 3.18. The van der Waals surface area contributed by atoms with Gasteiger partial charge < -0.3 is 10.1 Å². The fourth-order valence-corrected chi connectivity index (χ4v) is 2.37. The van der Waals surface area contributed by atoms with Crippen LogP contribution < -0.4 is 10.1 Å². The number of hydrogen-bond acceptors (Lipinski definition) is 2. The molecule has 0 bridgehead atoms. The molecule has 2 heterocycles. The lowest BCUT2D eigenvalue weighted by atomic mass is 10.0. The standard InChI is InChI=1S/C12H15NO.H2/c1-2-11(13-6-1)10-4-3-9-5-7-14-12(9)8-10;/h3-4,8,11,13H,1-2,5-7H2;1H. The van der Waals surface area contributed by atoms with Gasteiger partial charge in [0.05, 0.1) is 6.61 Å². The third kappa shape index (κ3) is 1.30. The lowest BCUT2D eigenvalue weighted by molar-refractivity contribution is 0.356. The van der Waals surface area contributed by atoms with Gasteiger partial charge in [0, 0.05) is 13.9 Å². The van der Waals surface area contributed by atoms with E-state index in [9.17, 15) is 0 Å². The predicted molar refractivity (Wildman–Crippen MR) is 57.7 cm³/mol. The van der Waals surface area contributed by atoms with Crippen LogP contribution in [0, 0.1) is 0 Å². The summed E-state index contributed by atoms with van der Waals surface area (Å²) < 4.78 is 5.57. The van der Waals surface area contributed by atoms with Gasteiger partial charge in [0.1, 0.15) is 5.75 Å². The summed E-state index contributed by atoms with van der Waals surface area (Å²) in [6.07, 6.45) is 3.63. The van der Waals surface area contributed by atoms with Gasteiger partial charge in [-0.1, -0.05) is 12.1 Å². The fraction of sp³-hybridized carbons (Fsp3) is 0.500. The summed E-state index contributed by atoms with van der Waals surface area (Å²) >= 11 is 0. The van der Waals surface area contributed by atoms with E-state index < -0.39 is 0 Å². The molecule has 2 aliphatic rings. The quantitative estimate of drug-likeness (QED) is 0.735. The molecular formula is C12H17NO. The highest BCUT2D eigenvalue weighted by Gasteiger charge is 2.19. The first-order chi connectivity index (χ1) is 6.93. The van der Waals surface area contributed by atoms with E-state index in [2.05, 4.69) is 23.5 Å². The molecule has 0 amide bonds. The summed E-state index contributed by atoms with van der Waals surface area (Å²) in [6, 6.07) is 7.24. The van der Waals surface area contributed by atoms with Crippen molar-refractivity contribution in [1.82, 2.24) is 5.32 Å². The minimum absolute atomic E-state index is 0. The lowest BCUT2D eigenvalue weighted by Crippen LogP contribution is -2.12. The predicted octanol–water partition coefficient (Wildman–Crippen LogP) is 2.29. The highest BCUT2D eigenvalue weighted by molar-refractivity contribution is 5.41. The van der Waals surface area contributed by atoms with Gasteiger partial charge in [-0.05, 0) is 36.6 Å². The van der Waals surface area contributed by atoms with E-state index in [1.807, 2.05) is 0 Å². The van der Waals surface area contributed by atoms with E-state index in [1.165, 1.54) is 24.0 Å². The van der Waals surface area contributed by atoms with Gasteiger partial charge in [0.2, 0.25) is 0 Å². The van der Waals surface area contributed by atoms with Gasteiger partial charge in [-0.3, -0.25) is 0 Å². The molecule has 0 radical (unpaired) electrons. The minimum Gasteiger partial charge on any atom is -0.493 e. The zero-order chi connectivity index (χ0) is 9.38. The average Bonchev–Trinajstić information content (AvgIpc) is 2.88. The van der Waals surface area contributed by atoms with Crippen LogP contribution in [-0.4, -0.2) is 13.2 Å². The second kappa shape index (κ2) is 3.28. The van der Waals surface area contributed by atoms with Crippen LogP contribution in [0.3, 0.4) is 0 Å². The molecule has 1 atom stereocenters. The van der Waals surface area contributed by atoms with Gasteiger partial charge in [-0.15, -0.1) is 0 Å². The largest absolute Gasteiger partial charge is 0.493 e. The zero-order valence-corrected chi connectivity index (χ0v) is 8.25. The lowest BCUT2D eigenvalue weighted by Gasteiger charge is -2.11. The molecule has 1 N–H and O–H groups in total. The maximum Gasteiger partial charge on any atom is 0.122 e. The summed E-state index contributed by atoms with van der Waals surface area (Å²) in [5.74, 6) is 1.11. The Hall–Kier alpha value is -1.02. The smallest absolute Gasteiger partial charge is 0.122 e. The number of rotatable bonds is 1. The first-order valence-corrected chi connectivity index (χ1v) is 5.42. The monoisotopic (exact) mass is 191 g/mol. The van der Waals surface area contributed by atoms with E-state index in [-0.39, 0.29) is 1.43 Å². The van der Waals surface area contributed by atoms with Crippen molar-refractivity contribution in [3.8, 4) is 5.75 Å². The number of hydrogen-bond donors (Lipinski definition) is 1. The second-order valence-electron chi connectivity index (χ2n) is 4.11. The molecule has 1 saturated heterocycles. The van der Waals surface area contributed by atoms with Crippen molar-refractivity contribution in [3.05, 3.63) is 29.3 Å². The molecule has 1 aromatic rings. The van der Waals surface area contributed by atoms with Crippen molar-refractivity contribution < 1.29 is 6.16 Å². The van der Waals surface area contributed by atoms with Crippen LogP contribution in [-0.2, 0) is 6.42 Å². The molecule has 1 unspecified atom stereocenters. The normalized spacial score (nSPS) is 24.7. The Morgan fingerprint density at radius 2 is 2.43 bits per heavy atom. The van der Waals surface area contributed by atoms with E-state index >= 15 is 0 Å². The Morgan fingerprint density at radius 1 is 1.43 bits per heavy atom. The maximum atomic E-state index is 5.57. The molecule has 3 rings (SSSR count). The van der Waals surface area contributed by atoms with Gasteiger partial charge >= 0.3 is 0 Å². The van der Waals surface area contributed by atoms with Crippen molar-refractivity contribution in [3.63, 3.8) is 0 Å². The van der Waals surface area contributed by atoms with Crippen molar-refractivity contribution in [2.24, 2.45) is 0 Å². The molecular weight excluding hydrogens is 174 g/mol. The molecule has 0 saturated carbocycles. The summed E-state index contributed by atoms with van der Waals surface area (Å²) in [5.41, 5.74) is 2.76. The van der Waals surface area contributed by atoms with Gasteiger partial charge in [0.15, 0.2) is 0 Å². The Morgan fingerprint density at radius 3 is 3.29 bits per heavy atom. The Bertz CT molecular complexity index is 347. The van der Waals surface area contributed by atoms with E-state index in [0.717, 1.165) is 25.3 Å². The molecule has 2 aliphatic heterocycles. The highest BCUT2D eigenvalue weighted by Crippen LogP contribution is 2.31. The van der Waals surface area contributed by atoms with Gasteiger partial charge in [-0.2, -0.15) is 0 Å². The van der Waals surface area contributed by atoms with Gasteiger partial charge in [0.25, 0.3) is 0 Å². The Kier molecular flexibility index (Phi) is 1.95. The topological polar surface area (TPSA) is 21.3 Å². The fourth-order valence-electron chi connectivity index (χ4n) is 2.37. The van der Waals surface area contributed by atoms with Crippen LogP contribution in [0.5, 0.6) is 5.75 Å². The van der Waals surface area contributed by atoms with Crippen LogP contribution >= 0.6 is 0 Å². The molecule has 2 heteroatoms. The van der Waals surface area contributed by atoms with Gasteiger partial charge in [-0.25, -0.2) is 0 Å². The van der Waals surface area contributed by atoms with Crippen LogP contribution in [0.4, 0.5) is 0 Å². The molecule has 0 spiro atoms. The van der Waals surface area contributed by atoms with Crippen molar-refractivity contribution in [2.75, 3.05) is 13.2 Å². The third-order valence-corrected chi connectivity index (χ3v) is 3.18. The van der Waals surface area contributed by atoms with Crippen molar-refractivity contribution in [2.45, 2.75) is 25.3 Å². The number of nitrogens with one attached hydrogen (secondary N) is 1. The molecule has 14 heavy (non-hydrogen) atoms. The summed E-state index contributed by atoms with van der Waals surface area (Å²) in [4.78, 5) is 0. The first-order valence-electron chi connectivity index (χ1n) is 5.42. The number of ether oxygens (including phenoxy) is 1. The van der Waals surface area contributed by atoms with E-state index in [4.69, 9.17) is 4.74 Å². The Labute approximate surface area is 85.8 Å². The van der Waals surface area contributed by atoms with Crippen molar-refractivity contribution in [1.29, 1.82) is 0 Å². The zero-order valence-electron chi connectivity index (χ0n) is 8.25. The SMILES string of the molecule is [HH].c1cc2c(cc1C1CCCN1)OCC2. The van der Waals surface area contributed by atoms with Crippen LogP contribution in [0.1, 0.15) is 31.4 Å². The van der Waals surface area contributed by atoms with Crippen LogP contribution in [0.15, 0.2) is 18.2 Å². The Balaban J connectivity index is 0.000000853. The maximum absolute atomic E-state index is 5.57. The number of fused-ring (bicyclic) bond motifs is 1. The first kappa shape index (κ1) is 8.30. The van der Waals surface area contributed by atoms with Crippen LogP contribution in [0.25, 0.3) is 0 Å². The molecule has 0 aliphatic carbocycles.